The molecule has 0 saturated heterocycles. The van der Waals surface area contributed by atoms with E-state index in [9.17, 15) is 0 Å². The highest BCUT2D eigenvalue weighted by molar-refractivity contribution is 6.33. The Morgan fingerprint density at radius 1 is 1.31 bits per heavy atom. The second-order valence-corrected chi connectivity index (χ2v) is 2.98. The maximum Gasteiger partial charge on any atom is 0.127 e. The smallest absolute Gasteiger partial charge is 0.127 e. The number of imidazole rings is 1. The fourth-order valence-electron chi connectivity index (χ4n) is 1.03. The Kier molecular flexibility index (Phi) is 2.19. The van der Waals surface area contributed by atoms with Crippen molar-refractivity contribution >= 4 is 23.1 Å². The third-order valence-corrected chi connectivity index (χ3v) is 1.97. The van der Waals surface area contributed by atoms with Crippen LogP contribution in [0, 0.1) is 0 Å². The maximum atomic E-state index is 5.94. The number of nitrogens with zero attached hydrogens (tertiary/aromatic N) is 1. The summed E-state index contributed by atoms with van der Waals surface area (Å²) in [6.45, 7) is 0. The highest BCUT2D eigenvalue weighted by Crippen LogP contribution is 2.23. The van der Waals surface area contributed by atoms with Crippen LogP contribution < -0.4 is 5.32 Å². The molecule has 2 N–H and O–H groups in total. The summed E-state index contributed by atoms with van der Waals surface area (Å²) >= 11 is 5.94. The summed E-state index contributed by atoms with van der Waals surface area (Å²) in [7, 11) is 0. The Hall–Kier alpha value is -1.48. The van der Waals surface area contributed by atoms with Gasteiger partial charge in [0.15, 0.2) is 0 Å². The van der Waals surface area contributed by atoms with Gasteiger partial charge in [0.1, 0.15) is 5.82 Å². The zero-order chi connectivity index (χ0) is 9.10. The van der Waals surface area contributed by atoms with Crippen LogP contribution in [0.25, 0.3) is 0 Å². The first kappa shape index (κ1) is 8.13. The molecule has 2 rings (SSSR count). The van der Waals surface area contributed by atoms with Crippen LogP contribution in [0.15, 0.2) is 36.8 Å². The third-order valence-electron chi connectivity index (χ3n) is 1.64. The first-order chi connectivity index (χ1) is 6.36. The summed E-state index contributed by atoms with van der Waals surface area (Å²) in [5.41, 5.74) is 0.869. The maximum absolute atomic E-state index is 5.94. The number of aromatic amines is 1. The number of halogens is 1. The van der Waals surface area contributed by atoms with Crippen molar-refractivity contribution in [2.24, 2.45) is 0 Å². The van der Waals surface area contributed by atoms with E-state index in [0.717, 1.165) is 11.5 Å². The first-order valence-electron chi connectivity index (χ1n) is 3.86. The third kappa shape index (κ3) is 1.81. The molecule has 0 unspecified atom stereocenters. The molecule has 0 atom stereocenters. The SMILES string of the molecule is Clc1ccccc1Nc1cnc[nH]1. The highest BCUT2D eigenvalue weighted by Gasteiger charge is 1.98. The summed E-state index contributed by atoms with van der Waals surface area (Å²) in [6, 6.07) is 7.55. The fraction of sp³-hybridized carbons (Fsp3) is 0. The van der Waals surface area contributed by atoms with E-state index >= 15 is 0 Å². The van der Waals surface area contributed by atoms with Crippen LogP contribution in [0.5, 0.6) is 0 Å². The van der Waals surface area contributed by atoms with Gasteiger partial charge in [-0.15, -0.1) is 0 Å². The van der Waals surface area contributed by atoms with Crippen molar-refractivity contribution in [2.75, 3.05) is 5.32 Å². The number of anilines is 2. The first-order valence-corrected chi connectivity index (χ1v) is 4.24. The summed E-state index contributed by atoms with van der Waals surface area (Å²) in [4.78, 5) is 6.82. The van der Waals surface area contributed by atoms with E-state index in [1.165, 1.54) is 0 Å². The molecule has 1 aromatic heterocycles. The Morgan fingerprint density at radius 3 is 2.85 bits per heavy atom. The van der Waals surface area contributed by atoms with Gasteiger partial charge in [-0.3, -0.25) is 0 Å². The lowest BCUT2D eigenvalue weighted by Gasteiger charge is -2.04. The number of benzene rings is 1. The number of hydrogen-bond acceptors (Lipinski definition) is 2. The summed E-state index contributed by atoms with van der Waals surface area (Å²) in [5.74, 6) is 0.827. The van der Waals surface area contributed by atoms with Crippen LogP contribution in [0.1, 0.15) is 0 Å². The Balaban J connectivity index is 2.24. The van der Waals surface area contributed by atoms with E-state index in [2.05, 4.69) is 15.3 Å². The average molecular weight is 194 g/mol. The molecule has 0 aliphatic rings. The van der Waals surface area contributed by atoms with Gasteiger partial charge < -0.3 is 10.3 Å². The molecule has 0 radical (unpaired) electrons. The lowest BCUT2D eigenvalue weighted by atomic mass is 10.3. The van der Waals surface area contributed by atoms with Gasteiger partial charge in [-0.2, -0.15) is 0 Å². The van der Waals surface area contributed by atoms with Crippen molar-refractivity contribution in [3.63, 3.8) is 0 Å². The van der Waals surface area contributed by atoms with Crippen molar-refractivity contribution < 1.29 is 0 Å². The number of rotatable bonds is 2. The molecular weight excluding hydrogens is 186 g/mol. The van der Waals surface area contributed by atoms with E-state index in [4.69, 9.17) is 11.6 Å². The molecule has 0 amide bonds. The van der Waals surface area contributed by atoms with E-state index in [1.54, 1.807) is 12.5 Å². The van der Waals surface area contributed by atoms with Crippen LogP contribution in [0.2, 0.25) is 5.02 Å². The summed E-state index contributed by atoms with van der Waals surface area (Å²) < 4.78 is 0. The average Bonchev–Trinajstić information content (AvgIpc) is 2.61. The molecule has 0 aliphatic heterocycles. The lowest BCUT2D eigenvalue weighted by molar-refractivity contribution is 1.31. The molecule has 0 spiro atoms. The van der Waals surface area contributed by atoms with Crippen molar-refractivity contribution in [3.8, 4) is 0 Å². The minimum Gasteiger partial charge on any atom is -0.339 e. The Bertz CT molecular complexity index is 384. The van der Waals surface area contributed by atoms with Crippen LogP contribution in [0.4, 0.5) is 11.5 Å². The Labute approximate surface area is 80.8 Å². The molecule has 1 aromatic carbocycles. The van der Waals surface area contributed by atoms with Crippen molar-refractivity contribution in [1.29, 1.82) is 0 Å². The molecule has 0 aliphatic carbocycles. The van der Waals surface area contributed by atoms with E-state index in [0.29, 0.717) is 5.02 Å². The monoisotopic (exact) mass is 193 g/mol. The van der Waals surface area contributed by atoms with Crippen molar-refractivity contribution in [3.05, 3.63) is 41.8 Å². The fourth-order valence-corrected chi connectivity index (χ4v) is 1.21. The number of para-hydroxylation sites is 1. The number of aromatic nitrogens is 2. The van der Waals surface area contributed by atoms with Crippen LogP contribution in [-0.4, -0.2) is 9.97 Å². The quantitative estimate of drug-likeness (QED) is 0.770. The largest absolute Gasteiger partial charge is 0.339 e. The topological polar surface area (TPSA) is 40.7 Å². The molecule has 1 heterocycles. The zero-order valence-corrected chi connectivity index (χ0v) is 7.55. The standard InChI is InChI=1S/C9H8ClN3/c10-7-3-1-2-4-8(7)13-9-5-11-6-12-9/h1-6,13H,(H,11,12). The molecule has 0 saturated carbocycles. The molecule has 66 valence electrons. The van der Waals surface area contributed by atoms with Crippen LogP contribution in [0.3, 0.4) is 0 Å². The number of hydrogen-bond donors (Lipinski definition) is 2. The van der Waals surface area contributed by atoms with Gasteiger partial charge in [-0.05, 0) is 12.1 Å². The number of H-pyrrole nitrogens is 1. The summed E-state index contributed by atoms with van der Waals surface area (Å²) in [6.07, 6.45) is 3.31. The van der Waals surface area contributed by atoms with Gasteiger partial charge in [-0.25, -0.2) is 4.98 Å². The van der Waals surface area contributed by atoms with Gasteiger partial charge in [-0.1, -0.05) is 23.7 Å². The zero-order valence-electron chi connectivity index (χ0n) is 6.79. The predicted octanol–water partition coefficient (Wildman–Crippen LogP) is 2.81. The van der Waals surface area contributed by atoms with E-state index in [1.807, 2.05) is 24.3 Å². The summed E-state index contributed by atoms with van der Waals surface area (Å²) in [5, 5.41) is 3.79. The minimum absolute atomic E-state index is 0.692. The van der Waals surface area contributed by atoms with Crippen molar-refractivity contribution in [2.45, 2.75) is 0 Å². The van der Waals surface area contributed by atoms with Gasteiger partial charge in [0.25, 0.3) is 0 Å². The second kappa shape index (κ2) is 3.49. The highest BCUT2D eigenvalue weighted by atomic mass is 35.5. The molecule has 13 heavy (non-hydrogen) atoms. The van der Waals surface area contributed by atoms with Gasteiger partial charge in [0.05, 0.1) is 23.2 Å². The molecule has 3 nitrogen and oxygen atoms in total. The van der Waals surface area contributed by atoms with Crippen LogP contribution in [-0.2, 0) is 0 Å². The lowest BCUT2D eigenvalue weighted by Crippen LogP contribution is -1.90. The van der Waals surface area contributed by atoms with Gasteiger partial charge >= 0.3 is 0 Å². The molecule has 0 bridgehead atoms. The van der Waals surface area contributed by atoms with E-state index in [-0.39, 0.29) is 0 Å². The van der Waals surface area contributed by atoms with Crippen LogP contribution >= 0.6 is 11.6 Å². The van der Waals surface area contributed by atoms with Crippen molar-refractivity contribution in [1.82, 2.24) is 9.97 Å². The predicted molar refractivity (Wildman–Crippen MR) is 53.3 cm³/mol. The molecular formula is C9H8ClN3. The number of nitrogens with one attached hydrogen (secondary N) is 2. The second-order valence-electron chi connectivity index (χ2n) is 2.57. The minimum atomic E-state index is 0.692. The molecule has 0 fully saturated rings. The molecule has 4 heteroatoms. The van der Waals surface area contributed by atoms with E-state index < -0.39 is 0 Å². The molecule has 2 aromatic rings. The van der Waals surface area contributed by atoms with Gasteiger partial charge in [0.2, 0.25) is 0 Å². The normalized spacial score (nSPS) is 9.92. The Morgan fingerprint density at radius 2 is 2.15 bits per heavy atom. The van der Waals surface area contributed by atoms with Gasteiger partial charge in [0, 0.05) is 0 Å².